The van der Waals surface area contributed by atoms with Crippen LogP contribution in [0.15, 0.2) is 35.9 Å². The fourth-order valence-electron chi connectivity index (χ4n) is 1.97. The standard InChI is InChI=1S/C12H14ClNO/c13-7-3-8-14-9-6-12(15)10-4-1-2-5-11(10)14/h1-5,7,12,15H,6,8-9H2/b7-3+. The van der Waals surface area contributed by atoms with E-state index in [1.54, 1.807) is 0 Å². The second-order valence-corrected chi connectivity index (χ2v) is 3.92. The molecule has 3 heteroatoms. The van der Waals surface area contributed by atoms with E-state index in [1.165, 1.54) is 5.54 Å². The Morgan fingerprint density at radius 3 is 3.07 bits per heavy atom. The summed E-state index contributed by atoms with van der Waals surface area (Å²) in [6.07, 6.45) is 2.38. The molecule has 1 aromatic carbocycles. The van der Waals surface area contributed by atoms with Gasteiger partial charge in [0.05, 0.1) is 6.10 Å². The third-order valence-electron chi connectivity index (χ3n) is 2.72. The molecule has 1 aromatic rings. The maximum Gasteiger partial charge on any atom is 0.0826 e. The van der Waals surface area contributed by atoms with Crippen molar-refractivity contribution in [1.82, 2.24) is 0 Å². The van der Waals surface area contributed by atoms with E-state index in [-0.39, 0.29) is 6.10 Å². The molecule has 1 aliphatic rings. The Morgan fingerprint density at radius 2 is 2.27 bits per heavy atom. The maximum atomic E-state index is 9.83. The zero-order valence-electron chi connectivity index (χ0n) is 8.44. The van der Waals surface area contributed by atoms with Gasteiger partial charge in [0.15, 0.2) is 0 Å². The molecule has 2 rings (SSSR count). The van der Waals surface area contributed by atoms with E-state index in [4.69, 9.17) is 11.6 Å². The quantitative estimate of drug-likeness (QED) is 0.834. The minimum absolute atomic E-state index is 0.322. The van der Waals surface area contributed by atoms with Gasteiger partial charge in [0.1, 0.15) is 0 Å². The monoisotopic (exact) mass is 223 g/mol. The Morgan fingerprint density at radius 1 is 1.47 bits per heavy atom. The summed E-state index contributed by atoms with van der Waals surface area (Å²) in [7, 11) is 0. The van der Waals surface area contributed by atoms with Crippen molar-refractivity contribution in [2.45, 2.75) is 12.5 Å². The lowest BCUT2D eigenvalue weighted by Crippen LogP contribution is -2.31. The van der Waals surface area contributed by atoms with Crippen LogP contribution < -0.4 is 4.90 Å². The van der Waals surface area contributed by atoms with Crippen molar-refractivity contribution in [2.24, 2.45) is 0 Å². The molecule has 15 heavy (non-hydrogen) atoms. The molecule has 0 bridgehead atoms. The normalized spacial score (nSPS) is 20.7. The van der Waals surface area contributed by atoms with Gasteiger partial charge in [0.25, 0.3) is 0 Å². The predicted molar refractivity (Wildman–Crippen MR) is 63.2 cm³/mol. The number of aliphatic hydroxyl groups is 1. The van der Waals surface area contributed by atoms with E-state index in [0.29, 0.717) is 0 Å². The number of fused-ring (bicyclic) bond motifs is 1. The molecule has 1 unspecified atom stereocenters. The fourth-order valence-corrected chi connectivity index (χ4v) is 2.05. The van der Waals surface area contributed by atoms with Gasteiger partial charge in [-0.15, -0.1) is 0 Å². The molecule has 0 spiro atoms. The van der Waals surface area contributed by atoms with Crippen LogP contribution in [0.2, 0.25) is 0 Å². The first kappa shape index (κ1) is 10.5. The summed E-state index contributed by atoms with van der Waals surface area (Å²) in [5, 5.41) is 9.83. The molecule has 1 aliphatic heterocycles. The summed E-state index contributed by atoms with van der Waals surface area (Å²) in [4.78, 5) is 2.22. The molecule has 80 valence electrons. The first-order valence-corrected chi connectivity index (χ1v) is 5.53. The lowest BCUT2D eigenvalue weighted by atomic mass is 9.99. The van der Waals surface area contributed by atoms with Crippen molar-refractivity contribution in [3.63, 3.8) is 0 Å². The van der Waals surface area contributed by atoms with Crippen molar-refractivity contribution in [3.05, 3.63) is 41.4 Å². The second-order valence-electron chi connectivity index (χ2n) is 3.67. The van der Waals surface area contributed by atoms with E-state index in [1.807, 2.05) is 30.3 Å². The molecular weight excluding hydrogens is 210 g/mol. The highest BCUT2D eigenvalue weighted by Crippen LogP contribution is 2.33. The highest BCUT2D eigenvalue weighted by atomic mass is 35.5. The number of para-hydroxylation sites is 1. The Balaban J connectivity index is 2.27. The summed E-state index contributed by atoms with van der Waals surface area (Å²) in [5.74, 6) is 0. The van der Waals surface area contributed by atoms with Crippen LogP contribution in [0.3, 0.4) is 0 Å². The zero-order valence-corrected chi connectivity index (χ0v) is 9.19. The van der Waals surface area contributed by atoms with E-state index in [9.17, 15) is 5.11 Å². The van der Waals surface area contributed by atoms with Crippen LogP contribution in [-0.4, -0.2) is 18.2 Å². The Kier molecular flexibility index (Phi) is 3.29. The number of halogens is 1. The number of aliphatic hydroxyl groups excluding tert-OH is 1. The van der Waals surface area contributed by atoms with E-state index >= 15 is 0 Å². The topological polar surface area (TPSA) is 23.5 Å². The maximum absolute atomic E-state index is 9.83. The summed E-state index contributed by atoms with van der Waals surface area (Å²) < 4.78 is 0. The number of hydrogen-bond acceptors (Lipinski definition) is 2. The third kappa shape index (κ3) is 2.16. The van der Waals surface area contributed by atoms with Crippen LogP contribution in [0.25, 0.3) is 0 Å². The van der Waals surface area contributed by atoms with E-state index in [2.05, 4.69) is 4.90 Å². The van der Waals surface area contributed by atoms with Crippen LogP contribution >= 0.6 is 11.6 Å². The van der Waals surface area contributed by atoms with Crippen LogP contribution in [0.1, 0.15) is 18.1 Å². The summed E-state index contributed by atoms with van der Waals surface area (Å²) in [6.45, 7) is 1.67. The summed E-state index contributed by atoms with van der Waals surface area (Å²) in [6, 6.07) is 7.98. The number of anilines is 1. The molecule has 0 saturated heterocycles. The first-order chi connectivity index (χ1) is 7.33. The molecule has 1 heterocycles. The SMILES string of the molecule is OC1CCN(C/C=C/Cl)c2ccccc21. The van der Waals surface area contributed by atoms with Crippen LogP contribution in [0, 0.1) is 0 Å². The van der Waals surface area contributed by atoms with Gasteiger partial charge in [-0.1, -0.05) is 35.9 Å². The number of nitrogens with zero attached hydrogens (tertiary/aromatic N) is 1. The van der Waals surface area contributed by atoms with Crippen LogP contribution in [0.4, 0.5) is 5.69 Å². The molecule has 0 fully saturated rings. The lowest BCUT2D eigenvalue weighted by molar-refractivity contribution is 0.164. The van der Waals surface area contributed by atoms with Gasteiger partial charge in [-0.3, -0.25) is 0 Å². The van der Waals surface area contributed by atoms with Gasteiger partial charge in [-0.25, -0.2) is 0 Å². The van der Waals surface area contributed by atoms with Crippen molar-refractivity contribution in [2.75, 3.05) is 18.0 Å². The summed E-state index contributed by atoms with van der Waals surface area (Å²) >= 11 is 5.52. The predicted octanol–water partition coefficient (Wildman–Crippen LogP) is 2.68. The highest BCUT2D eigenvalue weighted by Gasteiger charge is 2.21. The van der Waals surface area contributed by atoms with E-state index in [0.717, 1.165) is 30.8 Å². The third-order valence-corrected chi connectivity index (χ3v) is 2.90. The Hall–Kier alpha value is -0.990. The molecule has 1 N–H and O–H groups in total. The molecular formula is C12H14ClNO. The first-order valence-electron chi connectivity index (χ1n) is 5.10. The number of rotatable bonds is 2. The molecule has 0 amide bonds. The Labute approximate surface area is 94.8 Å². The lowest BCUT2D eigenvalue weighted by Gasteiger charge is -2.32. The zero-order chi connectivity index (χ0) is 10.7. The molecule has 0 saturated carbocycles. The minimum Gasteiger partial charge on any atom is -0.388 e. The van der Waals surface area contributed by atoms with Gasteiger partial charge in [0, 0.05) is 29.9 Å². The van der Waals surface area contributed by atoms with Crippen molar-refractivity contribution in [1.29, 1.82) is 0 Å². The van der Waals surface area contributed by atoms with Crippen molar-refractivity contribution in [3.8, 4) is 0 Å². The smallest absolute Gasteiger partial charge is 0.0826 e. The largest absolute Gasteiger partial charge is 0.388 e. The highest BCUT2D eigenvalue weighted by molar-refractivity contribution is 6.25. The van der Waals surface area contributed by atoms with Gasteiger partial charge in [0.2, 0.25) is 0 Å². The molecule has 0 aliphatic carbocycles. The molecule has 1 atom stereocenters. The Bertz CT molecular complexity index is 364. The van der Waals surface area contributed by atoms with Crippen LogP contribution in [-0.2, 0) is 0 Å². The van der Waals surface area contributed by atoms with Gasteiger partial charge in [-0.05, 0) is 12.5 Å². The average Bonchev–Trinajstić information content (AvgIpc) is 2.29. The molecule has 0 aromatic heterocycles. The van der Waals surface area contributed by atoms with Gasteiger partial charge in [-0.2, -0.15) is 0 Å². The van der Waals surface area contributed by atoms with E-state index < -0.39 is 0 Å². The van der Waals surface area contributed by atoms with Gasteiger partial charge >= 0.3 is 0 Å². The number of benzene rings is 1. The average molecular weight is 224 g/mol. The summed E-state index contributed by atoms with van der Waals surface area (Å²) in [5.41, 5.74) is 3.67. The van der Waals surface area contributed by atoms with Crippen molar-refractivity contribution >= 4 is 17.3 Å². The molecule has 0 radical (unpaired) electrons. The molecule has 2 nitrogen and oxygen atoms in total. The van der Waals surface area contributed by atoms with Gasteiger partial charge < -0.3 is 10.0 Å². The van der Waals surface area contributed by atoms with Crippen LogP contribution in [0.5, 0.6) is 0 Å². The minimum atomic E-state index is -0.322. The number of hydrogen-bond donors (Lipinski definition) is 1. The fraction of sp³-hybridized carbons (Fsp3) is 0.333. The second kappa shape index (κ2) is 4.69. The van der Waals surface area contributed by atoms with Crippen molar-refractivity contribution < 1.29 is 5.11 Å².